The number of benzene rings is 1. The summed E-state index contributed by atoms with van der Waals surface area (Å²) in [6.45, 7) is 4.95. The predicted molar refractivity (Wildman–Crippen MR) is 174 cm³/mol. The standard InChI is InChI=1S/C37H50N2O10/c1-7-38-17-34(18-49-32(42)20-10-8-9-11-23(20)39-26(40)14-19(2)31(39)41)13-12-25(46-4)36-22-15-21-24(45-3)16-35(43,27(22)28(21)47-5)37(44,33(36)38)30(48-6)29(34)36/h8-11,19,21-22,24-25,27-30,33,43-44H,7,12-18H2,1-6H3/t19-,21?,22-,24-,25?,27+,28-,29+,30-,33?,34?,35+,36?,37?/m0/s1. The van der Waals surface area contributed by atoms with Crippen LogP contribution >= 0.6 is 0 Å². The second kappa shape index (κ2) is 11.3. The number of piperidine rings is 1. The van der Waals surface area contributed by atoms with E-state index < -0.39 is 46.1 Å². The van der Waals surface area contributed by atoms with Gasteiger partial charge in [0.25, 0.3) is 0 Å². The largest absolute Gasteiger partial charge is 0.461 e. The molecule has 5 saturated carbocycles. The van der Waals surface area contributed by atoms with E-state index in [2.05, 4.69) is 11.8 Å². The number of aliphatic hydroxyl groups is 2. The Labute approximate surface area is 287 Å². The van der Waals surface area contributed by atoms with Crippen LogP contribution in [0.15, 0.2) is 24.3 Å². The Kier molecular flexibility index (Phi) is 7.75. The number of likely N-dealkylation sites (N-methyl/N-ethyl adjacent to an activating group) is 1. The Hall–Kier alpha value is -2.45. The number of hydrogen-bond donors (Lipinski definition) is 2. The lowest BCUT2D eigenvalue weighted by molar-refractivity contribution is -0.320. The van der Waals surface area contributed by atoms with Crippen LogP contribution in [0.4, 0.5) is 5.69 Å². The Balaban J connectivity index is 1.23. The Bertz CT molecular complexity index is 1560. The fourth-order valence-electron chi connectivity index (χ4n) is 13.2. The highest BCUT2D eigenvalue weighted by molar-refractivity contribution is 6.22. The molecule has 1 aromatic carbocycles. The number of nitrogens with zero attached hydrogens (tertiary/aromatic N) is 2. The third-order valence-corrected chi connectivity index (χ3v) is 14.5. The van der Waals surface area contributed by atoms with E-state index in [0.29, 0.717) is 25.9 Å². The molecule has 49 heavy (non-hydrogen) atoms. The molecule has 12 nitrogen and oxygen atoms in total. The predicted octanol–water partition coefficient (Wildman–Crippen LogP) is 2.04. The highest BCUT2D eigenvalue weighted by Gasteiger charge is 2.91. The molecule has 5 aliphatic carbocycles. The molecule has 2 amide bonds. The average molecular weight is 683 g/mol. The Morgan fingerprint density at radius 1 is 1.04 bits per heavy atom. The topological polar surface area (TPSA) is 144 Å². The van der Waals surface area contributed by atoms with E-state index in [4.69, 9.17) is 23.7 Å². The van der Waals surface area contributed by atoms with Gasteiger partial charge in [-0.05, 0) is 43.9 Å². The maximum absolute atomic E-state index is 14.1. The SMILES string of the molecule is CCN1CC2(COC(=O)c3ccccc3N3C(=O)C[C@H](C)C3=O)CCC(OC)C34C1C(O)([C@@H](OC)[C@H]23)[C@@]1(O)C[C@H](OC)C2C[C@H]4[C@@H]1[C@H]2OC. The second-order valence-electron chi connectivity index (χ2n) is 16.0. The number of fused-ring (bicyclic) bond motifs is 2. The smallest absolute Gasteiger partial charge is 0.340 e. The number of ether oxygens (including phenoxy) is 5. The number of para-hydroxylation sites is 1. The molecule has 6 unspecified atom stereocenters. The zero-order valence-corrected chi connectivity index (χ0v) is 29.3. The van der Waals surface area contributed by atoms with Gasteiger partial charge >= 0.3 is 5.97 Å². The summed E-state index contributed by atoms with van der Waals surface area (Å²) in [5, 5.41) is 26.6. The molecule has 2 N–H and O–H groups in total. The van der Waals surface area contributed by atoms with E-state index in [0.717, 1.165) is 11.3 Å². The average Bonchev–Trinajstić information content (AvgIpc) is 3.63. The Morgan fingerprint density at radius 2 is 1.80 bits per heavy atom. The zero-order chi connectivity index (χ0) is 34.8. The van der Waals surface area contributed by atoms with Crippen molar-refractivity contribution in [3.05, 3.63) is 29.8 Å². The maximum Gasteiger partial charge on any atom is 0.340 e. The molecule has 7 aliphatic rings. The normalized spacial score (nSPS) is 48.0. The van der Waals surface area contributed by atoms with Gasteiger partial charge in [0, 0.05) is 82.3 Å². The van der Waals surface area contributed by atoms with Gasteiger partial charge in [-0.1, -0.05) is 26.0 Å². The first kappa shape index (κ1) is 33.7. The van der Waals surface area contributed by atoms with E-state index in [1.165, 1.54) is 0 Å². The van der Waals surface area contributed by atoms with Crippen molar-refractivity contribution < 1.29 is 48.3 Å². The van der Waals surface area contributed by atoms with Gasteiger partial charge in [0.15, 0.2) is 0 Å². The summed E-state index contributed by atoms with van der Waals surface area (Å²) in [5.41, 5.74) is -4.17. The summed E-state index contributed by atoms with van der Waals surface area (Å²) in [4.78, 5) is 43.3. The number of amides is 2. The lowest BCUT2D eigenvalue weighted by atomic mass is 9.42. The molecule has 8 rings (SSSR count). The fraction of sp³-hybridized carbons (Fsp3) is 0.757. The van der Waals surface area contributed by atoms with Crippen LogP contribution in [0.25, 0.3) is 0 Å². The number of rotatable bonds is 9. The van der Waals surface area contributed by atoms with Crippen LogP contribution in [0, 0.1) is 40.4 Å². The second-order valence-corrected chi connectivity index (χ2v) is 16.0. The van der Waals surface area contributed by atoms with Crippen LogP contribution in [0.2, 0.25) is 0 Å². The minimum atomic E-state index is -1.70. The van der Waals surface area contributed by atoms with Crippen molar-refractivity contribution in [1.82, 2.24) is 4.90 Å². The van der Waals surface area contributed by atoms with Gasteiger partial charge in [-0.2, -0.15) is 0 Å². The summed E-state index contributed by atoms with van der Waals surface area (Å²) in [6, 6.07) is 6.12. The van der Waals surface area contributed by atoms with E-state index in [9.17, 15) is 24.6 Å². The molecule has 12 heteroatoms. The first-order chi connectivity index (χ1) is 23.4. The number of hydrogen-bond acceptors (Lipinski definition) is 11. The maximum atomic E-state index is 14.1. The molecule has 7 fully saturated rings. The molecule has 1 aromatic rings. The third kappa shape index (κ3) is 3.86. The molecule has 1 spiro atoms. The van der Waals surface area contributed by atoms with E-state index in [1.807, 2.05) is 0 Å². The first-order valence-corrected chi connectivity index (χ1v) is 17.9. The van der Waals surface area contributed by atoms with Crippen molar-refractivity contribution >= 4 is 23.5 Å². The number of anilines is 1. The molecule has 7 bridgehead atoms. The number of esters is 1. The summed E-state index contributed by atoms with van der Waals surface area (Å²) in [6.07, 6.45) is 0.813. The number of methoxy groups -OCH3 is 4. The first-order valence-electron chi connectivity index (χ1n) is 17.9. The van der Waals surface area contributed by atoms with Crippen LogP contribution < -0.4 is 4.90 Å². The van der Waals surface area contributed by atoms with Crippen molar-refractivity contribution in [3.63, 3.8) is 0 Å². The molecule has 268 valence electrons. The minimum absolute atomic E-state index is 0.0358. The van der Waals surface area contributed by atoms with E-state index >= 15 is 0 Å². The highest BCUT2D eigenvalue weighted by Crippen LogP contribution is 2.80. The molecule has 0 aromatic heterocycles. The summed E-state index contributed by atoms with van der Waals surface area (Å²) in [5.74, 6) is -2.47. The van der Waals surface area contributed by atoms with E-state index in [1.54, 1.807) is 59.6 Å². The number of carbonyl (C=O) groups excluding carboxylic acids is 3. The lowest BCUT2D eigenvalue weighted by Gasteiger charge is -2.70. The van der Waals surface area contributed by atoms with Crippen molar-refractivity contribution in [3.8, 4) is 0 Å². The van der Waals surface area contributed by atoms with Crippen molar-refractivity contribution in [2.45, 2.75) is 87.6 Å². The summed E-state index contributed by atoms with van der Waals surface area (Å²) in [7, 11) is 6.70. The highest BCUT2D eigenvalue weighted by atomic mass is 16.5. The number of likely N-dealkylation sites (tertiary alicyclic amines) is 1. The summed E-state index contributed by atoms with van der Waals surface area (Å²) >= 11 is 0. The minimum Gasteiger partial charge on any atom is -0.461 e. The molecule has 2 saturated heterocycles. The van der Waals surface area contributed by atoms with E-state index in [-0.39, 0.29) is 84.5 Å². The van der Waals surface area contributed by atoms with Crippen molar-refractivity contribution in [2.75, 3.05) is 53.0 Å². The quantitative estimate of drug-likeness (QED) is 0.292. The van der Waals surface area contributed by atoms with Crippen LogP contribution in [0.3, 0.4) is 0 Å². The van der Waals surface area contributed by atoms with Gasteiger partial charge in [-0.25, -0.2) is 9.69 Å². The lowest BCUT2D eigenvalue weighted by Crippen LogP contribution is -2.82. The van der Waals surface area contributed by atoms with Crippen molar-refractivity contribution in [1.29, 1.82) is 0 Å². The fourth-order valence-corrected chi connectivity index (χ4v) is 13.2. The summed E-state index contributed by atoms with van der Waals surface area (Å²) < 4.78 is 31.4. The van der Waals surface area contributed by atoms with Gasteiger partial charge in [0.1, 0.15) is 11.2 Å². The number of imide groups is 1. The molecule has 2 aliphatic heterocycles. The van der Waals surface area contributed by atoms with Crippen LogP contribution in [-0.4, -0.2) is 123 Å². The molecule has 2 heterocycles. The van der Waals surface area contributed by atoms with Gasteiger partial charge in [0.2, 0.25) is 11.8 Å². The van der Waals surface area contributed by atoms with Gasteiger partial charge < -0.3 is 33.9 Å². The number of carbonyl (C=O) groups is 3. The zero-order valence-electron chi connectivity index (χ0n) is 29.3. The molecule has 0 radical (unpaired) electrons. The van der Waals surface area contributed by atoms with Gasteiger partial charge in [-0.15, -0.1) is 0 Å². The Morgan fingerprint density at radius 3 is 2.43 bits per heavy atom. The monoisotopic (exact) mass is 682 g/mol. The molecular weight excluding hydrogens is 632 g/mol. The molecular formula is C37H50N2O10. The van der Waals surface area contributed by atoms with Crippen molar-refractivity contribution in [2.24, 2.45) is 40.4 Å². The van der Waals surface area contributed by atoms with Gasteiger partial charge in [0.05, 0.1) is 48.3 Å². The third-order valence-electron chi connectivity index (χ3n) is 14.5. The van der Waals surface area contributed by atoms with Crippen LogP contribution in [0.5, 0.6) is 0 Å². The van der Waals surface area contributed by atoms with Crippen LogP contribution in [-0.2, 0) is 33.3 Å². The molecule has 14 atom stereocenters. The van der Waals surface area contributed by atoms with Gasteiger partial charge in [-0.3, -0.25) is 14.5 Å². The van der Waals surface area contributed by atoms with Crippen LogP contribution in [0.1, 0.15) is 56.3 Å².